The summed E-state index contributed by atoms with van der Waals surface area (Å²) in [5, 5.41) is 0.0318. The van der Waals surface area contributed by atoms with Crippen molar-refractivity contribution in [3.05, 3.63) is 41.2 Å². The van der Waals surface area contributed by atoms with Crippen molar-refractivity contribution in [1.82, 2.24) is 9.97 Å². The van der Waals surface area contributed by atoms with Crippen LogP contribution in [0, 0.1) is 0 Å². The van der Waals surface area contributed by atoms with Gasteiger partial charge in [0.25, 0.3) is 10.0 Å². The van der Waals surface area contributed by atoms with Gasteiger partial charge in [0, 0.05) is 18.0 Å². The number of anilines is 1. The predicted octanol–water partition coefficient (Wildman–Crippen LogP) is 1.50. The molecule has 4 N–H and O–H groups in total. The number of rotatable bonds is 4. The van der Waals surface area contributed by atoms with E-state index in [1.54, 1.807) is 0 Å². The summed E-state index contributed by atoms with van der Waals surface area (Å²) in [7, 11) is -3.82. The van der Waals surface area contributed by atoms with Gasteiger partial charge in [-0.2, -0.15) is 0 Å². The van der Waals surface area contributed by atoms with Gasteiger partial charge in [-0.05, 0) is 12.1 Å². The number of aromatic amines is 1. The van der Waals surface area contributed by atoms with Crippen LogP contribution in [0.2, 0.25) is 5.02 Å². The number of halogens is 1. The molecule has 0 aliphatic carbocycles. The molecule has 0 aliphatic heterocycles. The van der Waals surface area contributed by atoms with Crippen molar-refractivity contribution >= 4 is 44.8 Å². The number of benzene rings is 1. The summed E-state index contributed by atoms with van der Waals surface area (Å²) < 4.78 is 26.4. The molecule has 1 heterocycles. The quantitative estimate of drug-likeness (QED) is 0.742. The molecule has 9 heteroatoms. The number of imidazole rings is 1. The summed E-state index contributed by atoms with van der Waals surface area (Å²) in [6, 6.07) is 4.23. The lowest BCUT2D eigenvalue weighted by atomic mass is 10.2. The molecule has 1 aromatic carbocycles. The van der Waals surface area contributed by atoms with Gasteiger partial charge in [0.15, 0.2) is 0 Å². The Bertz CT molecular complexity index is 713. The van der Waals surface area contributed by atoms with Crippen LogP contribution in [0.1, 0.15) is 5.56 Å². The first-order chi connectivity index (χ1) is 8.90. The summed E-state index contributed by atoms with van der Waals surface area (Å²) in [5.74, 6) is 0.106. The Kier molecular flexibility index (Phi) is 3.74. The molecular formula is C10H9ClN4O2S2. The van der Waals surface area contributed by atoms with Crippen molar-refractivity contribution < 1.29 is 8.42 Å². The molecule has 2 rings (SSSR count). The highest BCUT2D eigenvalue weighted by Crippen LogP contribution is 2.24. The first kappa shape index (κ1) is 13.8. The van der Waals surface area contributed by atoms with Gasteiger partial charge in [-0.1, -0.05) is 29.9 Å². The van der Waals surface area contributed by atoms with E-state index in [9.17, 15) is 8.42 Å². The molecule has 1 aromatic heterocycles. The monoisotopic (exact) mass is 316 g/mol. The first-order valence-electron chi connectivity index (χ1n) is 5.02. The average Bonchev–Trinajstić information content (AvgIpc) is 2.80. The zero-order valence-electron chi connectivity index (χ0n) is 9.42. The van der Waals surface area contributed by atoms with E-state index in [1.807, 2.05) is 0 Å². The van der Waals surface area contributed by atoms with E-state index < -0.39 is 10.0 Å². The van der Waals surface area contributed by atoms with Crippen molar-refractivity contribution in [1.29, 1.82) is 0 Å². The maximum Gasteiger partial charge on any atom is 0.265 e. The Morgan fingerprint density at radius 1 is 1.47 bits per heavy atom. The van der Waals surface area contributed by atoms with Crippen molar-refractivity contribution in [2.24, 2.45) is 5.73 Å². The van der Waals surface area contributed by atoms with Gasteiger partial charge in [0.1, 0.15) is 9.88 Å². The molecule has 0 saturated heterocycles. The normalized spacial score (nSPS) is 11.2. The molecule has 0 amide bonds. The van der Waals surface area contributed by atoms with E-state index in [2.05, 4.69) is 14.7 Å². The van der Waals surface area contributed by atoms with Gasteiger partial charge in [-0.25, -0.2) is 18.1 Å². The zero-order valence-corrected chi connectivity index (χ0v) is 11.8. The van der Waals surface area contributed by atoms with E-state index >= 15 is 0 Å². The number of sulfonamides is 1. The molecule has 0 bridgehead atoms. The van der Waals surface area contributed by atoms with Crippen LogP contribution in [0.5, 0.6) is 0 Å². The number of hydrogen-bond acceptors (Lipinski definition) is 4. The molecule has 0 atom stereocenters. The molecule has 100 valence electrons. The van der Waals surface area contributed by atoms with Gasteiger partial charge < -0.3 is 10.7 Å². The number of nitrogens with zero attached hydrogens (tertiary/aromatic N) is 1. The minimum atomic E-state index is -3.82. The van der Waals surface area contributed by atoms with Crippen LogP contribution in [-0.4, -0.2) is 23.4 Å². The number of hydrogen-bond donors (Lipinski definition) is 3. The van der Waals surface area contributed by atoms with Crippen molar-refractivity contribution in [3.8, 4) is 0 Å². The highest BCUT2D eigenvalue weighted by atomic mass is 35.5. The number of nitrogens with one attached hydrogen (secondary N) is 2. The Morgan fingerprint density at radius 2 is 2.21 bits per heavy atom. The maximum absolute atomic E-state index is 12.1. The third-order valence-electron chi connectivity index (χ3n) is 2.24. The van der Waals surface area contributed by atoms with Crippen LogP contribution < -0.4 is 10.5 Å². The summed E-state index contributed by atoms with van der Waals surface area (Å²) in [6.45, 7) is 0. The summed E-state index contributed by atoms with van der Waals surface area (Å²) >= 11 is 10.7. The molecule has 0 unspecified atom stereocenters. The Hall–Kier alpha value is -1.64. The zero-order chi connectivity index (χ0) is 14.0. The third kappa shape index (κ3) is 3.03. The van der Waals surface area contributed by atoms with Crippen molar-refractivity contribution in [2.45, 2.75) is 4.90 Å². The SMILES string of the molecule is NC(=S)c1ccc(S(=O)(=O)Nc2ncc[nH]2)c(Cl)c1. The van der Waals surface area contributed by atoms with E-state index in [-0.39, 0.29) is 20.9 Å². The molecular weight excluding hydrogens is 308 g/mol. The molecule has 0 saturated carbocycles. The van der Waals surface area contributed by atoms with Crippen LogP contribution in [0.15, 0.2) is 35.5 Å². The fourth-order valence-corrected chi connectivity index (χ4v) is 3.03. The van der Waals surface area contributed by atoms with Crippen LogP contribution in [-0.2, 0) is 10.0 Å². The fourth-order valence-electron chi connectivity index (χ4n) is 1.38. The molecule has 0 aliphatic rings. The molecule has 0 radical (unpaired) electrons. The van der Waals surface area contributed by atoms with Gasteiger partial charge in [-0.15, -0.1) is 0 Å². The lowest BCUT2D eigenvalue weighted by molar-refractivity contribution is 0.601. The van der Waals surface area contributed by atoms with Crippen molar-refractivity contribution in [3.63, 3.8) is 0 Å². The summed E-state index contributed by atoms with van der Waals surface area (Å²) in [5.41, 5.74) is 5.94. The predicted molar refractivity (Wildman–Crippen MR) is 76.7 cm³/mol. The van der Waals surface area contributed by atoms with E-state index in [0.29, 0.717) is 5.56 Å². The minimum absolute atomic E-state index is 0.0318. The van der Waals surface area contributed by atoms with Gasteiger partial charge in [0.05, 0.1) is 5.02 Å². The second-order valence-corrected chi connectivity index (χ2v) is 6.05. The minimum Gasteiger partial charge on any atom is -0.389 e. The number of nitrogens with two attached hydrogens (primary N) is 1. The number of H-pyrrole nitrogens is 1. The topological polar surface area (TPSA) is 101 Å². The summed E-state index contributed by atoms with van der Waals surface area (Å²) in [4.78, 5) is 6.46. The smallest absolute Gasteiger partial charge is 0.265 e. The van der Waals surface area contributed by atoms with E-state index in [1.165, 1.54) is 30.6 Å². The lowest BCUT2D eigenvalue weighted by Gasteiger charge is -2.08. The summed E-state index contributed by atoms with van der Waals surface area (Å²) in [6.07, 6.45) is 2.92. The number of thiocarbonyl (C=S) groups is 1. The Morgan fingerprint density at radius 3 is 2.74 bits per heavy atom. The third-order valence-corrected chi connectivity index (χ3v) is 4.29. The van der Waals surface area contributed by atoms with Gasteiger partial charge >= 0.3 is 0 Å². The number of aromatic nitrogens is 2. The van der Waals surface area contributed by atoms with Crippen LogP contribution in [0.3, 0.4) is 0 Å². The van der Waals surface area contributed by atoms with Gasteiger partial charge in [-0.3, -0.25) is 0 Å². The first-order valence-corrected chi connectivity index (χ1v) is 7.28. The molecule has 2 aromatic rings. The second-order valence-electron chi connectivity index (χ2n) is 3.55. The van der Waals surface area contributed by atoms with Gasteiger partial charge in [0.2, 0.25) is 5.95 Å². The standard InChI is InChI=1S/C10H9ClN4O2S2/c11-7-5-6(9(12)18)1-2-8(7)19(16,17)15-10-13-3-4-14-10/h1-5H,(H2,12,18)(H2,13,14,15). The molecule has 0 fully saturated rings. The fraction of sp³-hybridized carbons (Fsp3) is 0. The van der Waals surface area contributed by atoms with Crippen molar-refractivity contribution in [2.75, 3.05) is 4.72 Å². The highest BCUT2D eigenvalue weighted by Gasteiger charge is 2.19. The van der Waals surface area contributed by atoms with Crippen LogP contribution in [0.4, 0.5) is 5.95 Å². The maximum atomic E-state index is 12.1. The highest BCUT2D eigenvalue weighted by molar-refractivity contribution is 7.92. The van der Waals surface area contributed by atoms with Crippen LogP contribution >= 0.6 is 23.8 Å². The van der Waals surface area contributed by atoms with E-state index in [4.69, 9.17) is 29.6 Å². The molecule has 0 spiro atoms. The second kappa shape index (κ2) is 5.16. The Balaban J connectivity index is 2.38. The average molecular weight is 317 g/mol. The molecule has 6 nitrogen and oxygen atoms in total. The largest absolute Gasteiger partial charge is 0.389 e. The molecule has 19 heavy (non-hydrogen) atoms. The lowest BCUT2D eigenvalue weighted by Crippen LogP contribution is -2.15. The Labute approximate surface area is 120 Å². The van der Waals surface area contributed by atoms with E-state index in [0.717, 1.165) is 0 Å². The van der Waals surface area contributed by atoms with Crippen LogP contribution in [0.25, 0.3) is 0 Å².